The first kappa shape index (κ1) is 13.3. The van der Waals surface area contributed by atoms with Crippen LogP contribution in [0.5, 0.6) is 0 Å². The molecule has 1 aromatic carbocycles. The summed E-state index contributed by atoms with van der Waals surface area (Å²) in [6, 6.07) is 13.0. The molecule has 0 amide bonds. The maximum Gasteiger partial charge on any atom is 0.0663 e. The Balaban J connectivity index is 1.80. The zero-order chi connectivity index (χ0) is 14.1. The average molecular weight is 270 g/mol. The van der Waals surface area contributed by atoms with Crippen LogP contribution in [-0.2, 0) is 13.5 Å². The second-order valence-electron chi connectivity index (χ2n) is 5.60. The molecule has 2 aromatic rings. The van der Waals surface area contributed by atoms with Crippen LogP contribution in [0.4, 0.5) is 0 Å². The number of hydrogen-bond acceptors (Lipinski definition) is 3. The Morgan fingerprint density at radius 3 is 2.75 bits per heavy atom. The van der Waals surface area contributed by atoms with E-state index in [1.807, 2.05) is 11.7 Å². The number of nitrogens with zero attached hydrogens (tertiary/aromatic N) is 2. The first-order chi connectivity index (χ1) is 9.74. The predicted molar refractivity (Wildman–Crippen MR) is 79.9 cm³/mol. The van der Waals surface area contributed by atoms with Gasteiger partial charge >= 0.3 is 0 Å². The lowest BCUT2D eigenvalue weighted by Crippen LogP contribution is -2.31. The number of benzene rings is 1. The standard InChI is InChI=1S/C16H22N4/c1-3-12-9-15(20(2)19-12)16(18-17)14-10-13(14)11-7-5-4-6-8-11/h4-9,13-14,16,18H,3,10,17H2,1-2H3. The highest BCUT2D eigenvalue weighted by Gasteiger charge is 2.45. The van der Waals surface area contributed by atoms with Crippen LogP contribution in [0, 0.1) is 5.92 Å². The molecular weight excluding hydrogens is 248 g/mol. The number of hydrogen-bond donors (Lipinski definition) is 2. The molecule has 1 aromatic heterocycles. The van der Waals surface area contributed by atoms with E-state index in [9.17, 15) is 0 Å². The Morgan fingerprint density at radius 1 is 1.40 bits per heavy atom. The molecule has 0 radical (unpaired) electrons. The molecule has 0 bridgehead atoms. The third-order valence-corrected chi connectivity index (χ3v) is 4.32. The molecule has 106 valence electrons. The van der Waals surface area contributed by atoms with Gasteiger partial charge < -0.3 is 0 Å². The summed E-state index contributed by atoms with van der Waals surface area (Å²) in [7, 11) is 2.00. The maximum absolute atomic E-state index is 5.81. The highest BCUT2D eigenvalue weighted by atomic mass is 15.3. The Kier molecular flexibility index (Phi) is 3.59. The number of hydrazine groups is 1. The molecule has 1 fully saturated rings. The molecule has 3 atom stereocenters. The van der Waals surface area contributed by atoms with Gasteiger partial charge in [-0.25, -0.2) is 0 Å². The lowest BCUT2D eigenvalue weighted by Gasteiger charge is -2.16. The van der Waals surface area contributed by atoms with Crippen molar-refractivity contribution in [1.82, 2.24) is 15.2 Å². The van der Waals surface area contributed by atoms with Gasteiger partial charge in [0.25, 0.3) is 0 Å². The number of aryl methyl sites for hydroxylation is 2. The van der Waals surface area contributed by atoms with Gasteiger partial charge in [-0.15, -0.1) is 0 Å². The SMILES string of the molecule is CCc1cc(C(NN)C2CC2c2ccccc2)n(C)n1. The Hall–Kier alpha value is -1.65. The van der Waals surface area contributed by atoms with Crippen molar-refractivity contribution >= 4 is 0 Å². The minimum absolute atomic E-state index is 0.179. The summed E-state index contributed by atoms with van der Waals surface area (Å²) in [5.74, 6) is 6.98. The lowest BCUT2D eigenvalue weighted by molar-refractivity contribution is 0.455. The van der Waals surface area contributed by atoms with Crippen LogP contribution >= 0.6 is 0 Å². The number of rotatable bonds is 5. The summed E-state index contributed by atoms with van der Waals surface area (Å²) in [5.41, 5.74) is 6.72. The van der Waals surface area contributed by atoms with Gasteiger partial charge in [0.2, 0.25) is 0 Å². The van der Waals surface area contributed by atoms with E-state index in [0.29, 0.717) is 11.8 Å². The molecule has 1 aliphatic carbocycles. The largest absolute Gasteiger partial charge is 0.271 e. The summed E-state index contributed by atoms with van der Waals surface area (Å²) in [6.45, 7) is 2.13. The highest BCUT2D eigenvalue weighted by molar-refractivity contribution is 5.29. The van der Waals surface area contributed by atoms with Crippen LogP contribution in [-0.4, -0.2) is 9.78 Å². The van der Waals surface area contributed by atoms with Gasteiger partial charge in [0.05, 0.1) is 17.4 Å². The third kappa shape index (κ3) is 2.37. The fourth-order valence-electron chi connectivity index (χ4n) is 3.10. The van der Waals surface area contributed by atoms with Gasteiger partial charge in [0.15, 0.2) is 0 Å². The first-order valence-corrected chi connectivity index (χ1v) is 7.28. The van der Waals surface area contributed by atoms with Crippen LogP contribution in [0.1, 0.15) is 42.3 Å². The number of nitrogens with one attached hydrogen (secondary N) is 1. The van der Waals surface area contributed by atoms with Crippen molar-refractivity contribution in [2.45, 2.75) is 31.7 Å². The molecule has 1 heterocycles. The molecule has 4 nitrogen and oxygen atoms in total. The normalized spacial score (nSPS) is 22.8. The quantitative estimate of drug-likeness (QED) is 0.647. The second kappa shape index (κ2) is 5.38. The number of nitrogens with two attached hydrogens (primary N) is 1. The molecule has 3 N–H and O–H groups in total. The molecule has 3 rings (SSSR count). The Labute approximate surface area is 120 Å². The molecular formula is C16H22N4. The van der Waals surface area contributed by atoms with Gasteiger partial charge in [-0.1, -0.05) is 37.3 Å². The Morgan fingerprint density at radius 2 is 2.15 bits per heavy atom. The van der Waals surface area contributed by atoms with E-state index in [1.54, 1.807) is 0 Å². The van der Waals surface area contributed by atoms with Crippen molar-refractivity contribution in [2.24, 2.45) is 18.8 Å². The molecule has 0 spiro atoms. The van der Waals surface area contributed by atoms with E-state index in [-0.39, 0.29) is 6.04 Å². The minimum Gasteiger partial charge on any atom is -0.271 e. The van der Waals surface area contributed by atoms with E-state index in [0.717, 1.165) is 12.1 Å². The van der Waals surface area contributed by atoms with Crippen molar-refractivity contribution in [3.8, 4) is 0 Å². The molecule has 4 heteroatoms. The van der Waals surface area contributed by atoms with E-state index < -0.39 is 0 Å². The minimum atomic E-state index is 0.179. The van der Waals surface area contributed by atoms with Crippen molar-refractivity contribution in [3.05, 3.63) is 53.3 Å². The lowest BCUT2D eigenvalue weighted by atomic mass is 10.0. The summed E-state index contributed by atoms with van der Waals surface area (Å²) < 4.78 is 1.96. The summed E-state index contributed by atoms with van der Waals surface area (Å²) in [4.78, 5) is 0. The van der Waals surface area contributed by atoms with Gasteiger partial charge in [-0.2, -0.15) is 5.10 Å². The highest BCUT2D eigenvalue weighted by Crippen LogP contribution is 2.53. The monoisotopic (exact) mass is 270 g/mol. The van der Waals surface area contributed by atoms with E-state index >= 15 is 0 Å². The third-order valence-electron chi connectivity index (χ3n) is 4.32. The first-order valence-electron chi connectivity index (χ1n) is 7.28. The van der Waals surface area contributed by atoms with E-state index in [4.69, 9.17) is 5.84 Å². The van der Waals surface area contributed by atoms with Crippen LogP contribution < -0.4 is 11.3 Å². The zero-order valence-electron chi connectivity index (χ0n) is 12.1. The van der Waals surface area contributed by atoms with Crippen molar-refractivity contribution in [1.29, 1.82) is 0 Å². The average Bonchev–Trinajstić information content (AvgIpc) is 3.18. The Bertz CT molecular complexity index is 575. The fraction of sp³-hybridized carbons (Fsp3) is 0.438. The molecule has 0 saturated heterocycles. The molecule has 1 saturated carbocycles. The van der Waals surface area contributed by atoms with Crippen LogP contribution in [0.25, 0.3) is 0 Å². The van der Waals surface area contributed by atoms with Crippen molar-refractivity contribution in [2.75, 3.05) is 0 Å². The zero-order valence-corrected chi connectivity index (χ0v) is 12.1. The van der Waals surface area contributed by atoms with Gasteiger partial charge in [-0.3, -0.25) is 16.0 Å². The van der Waals surface area contributed by atoms with E-state index in [1.165, 1.54) is 17.7 Å². The molecule has 20 heavy (non-hydrogen) atoms. The topological polar surface area (TPSA) is 55.9 Å². The van der Waals surface area contributed by atoms with Gasteiger partial charge in [-0.05, 0) is 36.3 Å². The molecule has 3 unspecified atom stereocenters. The summed E-state index contributed by atoms with van der Waals surface area (Å²) >= 11 is 0. The number of aromatic nitrogens is 2. The van der Waals surface area contributed by atoms with Crippen LogP contribution in [0.3, 0.4) is 0 Å². The van der Waals surface area contributed by atoms with Crippen LogP contribution in [0.15, 0.2) is 36.4 Å². The smallest absolute Gasteiger partial charge is 0.0663 e. The predicted octanol–water partition coefficient (Wildman–Crippen LogP) is 2.29. The van der Waals surface area contributed by atoms with Crippen LogP contribution in [0.2, 0.25) is 0 Å². The second-order valence-corrected chi connectivity index (χ2v) is 5.60. The maximum atomic E-state index is 5.81. The summed E-state index contributed by atoms with van der Waals surface area (Å²) in [6.07, 6.45) is 2.14. The van der Waals surface area contributed by atoms with Crippen molar-refractivity contribution < 1.29 is 0 Å². The van der Waals surface area contributed by atoms with Crippen molar-refractivity contribution in [3.63, 3.8) is 0 Å². The fourth-order valence-corrected chi connectivity index (χ4v) is 3.10. The molecule has 1 aliphatic rings. The van der Waals surface area contributed by atoms with Gasteiger partial charge in [0.1, 0.15) is 0 Å². The summed E-state index contributed by atoms with van der Waals surface area (Å²) in [5, 5.41) is 4.53. The van der Waals surface area contributed by atoms with Gasteiger partial charge in [0, 0.05) is 7.05 Å². The molecule has 0 aliphatic heterocycles. The van der Waals surface area contributed by atoms with E-state index in [2.05, 4.69) is 53.8 Å².